The molecule has 0 radical (unpaired) electrons. The van der Waals surface area contributed by atoms with Crippen molar-refractivity contribution in [1.82, 2.24) is 9.99 Å². The summed E-state index contributed by atoms with van der Waals surface area (Å²) in [6.07, 6.45) is 0. The van der Waals surface area contributed by atoms with E-state index in [4.69, 9.17) is 10.3 Å². The number of aromatic nitrogens is 1. The van der Waals surface area contributed by atoms with Gasteiger partial charge in [-0.1, -0.05) is 11.3 Å². The standard InChI is InChI=1S/C11H13N3O3S/c1-6-5-18-11(16)14(6)4-8-3-9(7(2)17-8)10(15)13-12/h3,5H,4,12H2,1-2H3,(H,13,15). The van der Waals surface area contributed by atoms with Crippen molar-refractivity contribution in [2.24, 2.45) is 5.84 Å². The maximum atomic E-state index is 11.6. The van der Waals surface area contributed by atoms with Crippen LogP contribution in [-0.2, 0) is 6.54 Å². The average Bonchev–Trinajstić information content (AvgIpc) is 2.86. The van der Waals surface area contributed by atoms with Crippen LogP contribution in [0.1, 0.15) is 27.6 Å². The van der Waals surface area contributed by atoms with Crippen LogP contribution < -0.4 is 16.1 Å². The first-order valence-electron chi connectivity index (χ1n) is 5.28. The van der Waals surface area contributed by atoms with Crippen LogP contribution in [0.15, 0.2) is 20.7 Å². The van der Waals surface area contributed by atoms with Gasteiger partial charge in [0, 0.05) is 11.1 Å². The molecule has 0 spiro atoms. The number of aryl methyl sites for hydroxylation is 2. The summed E-state index contributed by atoms with van der Waals surface area (Å²) in [6.45, 7) is 3.84. The normalized spacial score (nSPS) is 10.6. The Kier molecular flexibility index (Phi) is 3.35. The molecule has 3 N–H and O–H groups in total. The highest BCUT2D eigenvalue weighted by atomic mass is 32.1. The molecule has 0 saturated carbocycles. The van der Waals surface area contributed by atoms with Crippen molar-refractivity contribution in [3.05, 3.63) is 43.9 Å². The highest BCUT2D eigenvalue weighted by Gasteiger charge is 2.15. The molecule has 2 aromatic rings. The van der Waals surface area contributed by atoms with Gasteiger partial charge in [0.25, 0.3) is 5.91 Å². The molecule has 0 saturated heterocycles. The number of hydrazine groups is 1. The number of nitrogens with zero attached hydrogens (tertiary/aromatic N) is 1. The smallest absolute Gasteiger partial charge is 0.307 e. The van der Waals surface area contributed by atoms with Crippen LogP contribution in [0.4, 0.5) is 0 Å². The third-order valence-electron chi connectivity index (χ3n) is 2.63. The minimum absolute atomic E-state index is 0.0496. The fourth-order valence-electron chi connectivity index (χ4n) is 1.68. The van der Waals surface area contributed by atoms with Crippen LogP contribution in [-0.4, -0.2) is 10.5 Å². The quantitative estimate of drug-likeness (QED) is 0.488. The number of nitrogens with two attached hydrogens (primary N) is 1. The Morgan fingerprint density at radius 3 is 2.83 bits per heavy atom. The molecule has 18 heavy (non-hydrogen) atoms. The summed E-state index contributed by atoms with van der Waals surface area (Å²) in [6, 6.07) is 1.60. The third-order valence-corrected chi connectivity index (χ3v) is 3.52. The van der Waals surface area contributed by atoms with Crippen molar-refractivity contribution in [2.45, 2.75) is 20.4 Å². The lowest BCUT2D eigenvalue weighted by atomic mass is 10.2. The molecular weight excluding hydrogens is 254 g/mol. The number of carbonyl (C=O) groups is 1. The van der Waals surface area contributed by atoms with Gasteiger partial charge in [-0.3, -0.25) is 19.6 Å². The number of thiazole rings is 1. The Balaban J connectivity index is 2.31. The first-order valence-corrected chi connectivity index (χ1v) is 6.16. The molecule has 0 unspecified atom stereocenters. The molecule has 1 amide bonds. The van der Waals surface area contributed by atoms with Gasteiger partial charge in [-0.15, -0.1) is 0 Å². The van der Waals surface area contributed by atoms with Crippen LogP contribution >= 0.6 is 11.3 Å². The van der Waals surface area contributed by atoms with Crippen LogP contribution in [0.3, 0.4) is 0 Å². The van der Waals surface area contributed by atoms with Crippen LogP contribution in [0.2, 0.25) is 0 Å². The molecule has 0 aliphatic heterocycles. The number of amides is 1. The van der Waals surface area contributed by atoms with E-state index in [0.29, 0.717) is 23.6 Å². The van der Waals surface area contributed by atoms with Crippen molar-refractivity contribution in [3.8, 4) is 0 Å². The summed E-state index contributed by atoms with van der Waals surface area (Å²) in [5, 5.41) is 1.78. The number of rotatable bonds is 3. The van der Waals surface area contributed by atoms with Gasteiger partial charge in [0.15, 0.2) is 0 Å². The van der Waals surface area contributed by atoms with E-state index in [9.17, 15) is 9.59 Å². The van der Waals surface area contributed by atoms with Gasteiger partial charge in [-0.05, 0) is 19.9 Å². The minimum Gasteiger partial charge on any atom is -0.464 e. The van der Waals surface area contributed by atoms with Crippen molar-refractivity contribution in [1.29, 1.82) is 0 Å². The molecule has 96 valence electrons. The summed E-state index contributed by atoms with van der Waals surface area (Å²) in [5.41, 5.74) is 3.30. The number of carbonyl (C=O) groups excluding carboxylic acids is 1. The Labute approximate surface area is 107 Å². The monoisotopic (exact) mass is 267 g/mol. The number of furan rings is 1. The Hall–Kier alpha value is -1.86. The summed E-state index contributed by atoms with van der Waals surface area (Å²) < 4.78 is 7.04. The SMILES string of the molecule is Cc1oc(Cn2c(C)csc2=O)cc1C(=O)NN. The van der Waals surface area contributed by atoms with Gasteiger partial charge in [0.05, 0.1) is 12.1 Å². The van der Waals surface area contributed by atoms with Crippen molar-refractivity contribution in [2.75, 3.05) is 0 Å². The molecule has 6 nitrogen and oxygen atoms in total. The Morgan fingerprint density at radius 2 is 2.28 bits per heavy atom. The maximum Gasteiger partial charge on any atom is 0.307 e. The van der Waals surface area contributed by atoms with Gasteiger partial charge < -0.3 is 4.42 Å². The third kappa shape index (κ3) is 2.22. The fourth-order valence-corrected chi connectivity index (χ4v) is 2.41. The molecule has 0 aromatic carbocycles. The Morgan fingerprint density at radius 1 is 1.56 bits per heavy atom. The van der Waals surface area contributed by atoms with Crippen molar-refractivity contribution < 1.29 is 9.21 Å². The molecule has 2 heterocycles. The average molecular weight is 267 g/mol. The molecule has 0 aliphatic carbocycles. The highest BCUT2D eigenvalue weighted by Crippen LogP contribution is 2.16. The van der Waals surface area contributed by atoms with E-state index in [1.165, 1.54) is 0 Å². The lowest BCUT2D eigenvalue weighted by Gasteiger charge is -2.00. The zero-order valence-corrected chi connectivity index (χ0v) is 10.8. The first-order chi connectivity index (χ1) is 8.52. The highest BCUT2D eigenvalue weighted by molar-refractivity contribution is 7.07. The lowest BCUT2D eigenvalue weighted by molar-refractivity contribution is 0.0952. The molecule has 0 aliphatic rings. The summed E-state index contributed by atoms with van der Waals surface area (Å²) in [7, 11) is 0. The van der Waals surface area contributed by atoms with Gasteiger partial charge in [-0.25, -0.2) is 5.84 Å². The molecule has 2 rings (SSSR count). The van der Waals surface area contributed by atoms with E-state index in [-0.39, 0.29) is 4.87 Å². The zero-order valence-electron chi connectivity index (χ0n) is 10.0. The van der Waals surface area contributed by atoms with Gasteiger partial charge >= 0.3 is 4.87 Å². The van der Waals surface area contributed by atoms with Gasteiger partial charge in [0.1, 0.15) is 11.5 Å². The summed E-state index contributed by atoms with van der Waals surface area (Å²) in [4.78, 5) is 22.9. The number of hydrogen-bond donors (Lipinski definition) is 2. The summed E-state index contributed by atoms with van der Waals surface area (Å²) >= 11 is 1.14. The number of hydrogen-bond acceptors (Lipinski definition) is 5. The lowest BCUT2D eigenvalue weighted by Crippen LogP contribution is -2.30. The van der Waals surface area contributed by atoms with Crippen molar-refractivity contribution in [3.63, 3.8) is 0 Å². The van der Waals surface area contributed by atoms with E-state index >= 15 is 0 Å². The first kappa shape index (κ1) is 12.6. The molecule has 7 heteroatoms. The summed E-state index contributed by atoms with van der Waals surface area (Å²) in [5.74, 6) is 5.70. The second kappa shape index (κ2) is 4.79. The second-order valence-corrected chi connectivity index (χ2v) is 4.71. The largest absolute Gasteiger partial charge is 0.464 e. The Bertz CT molecular complexity index is 638. The minimum atomic E-state index is -0.406. The van der Waals surface area contributed by atoms with Crippen LogP contribution in [0.25, 0.3) is 0 Å². The van der Waals surface area contributed by atoms with E-state index < -0.39 is 5.91 Å². The topological polar surface area (TPSA) is 90.3 Å². The number of nitrogen functional groups attached to an aromatic ring is 1. The van der Waals surface area contributed by atoms with Gasteiger partial charge in [0.2, 0.25) is 0 Å². The zero-order chi connectivity index (χ0) is 13.3. The molecule has 0 fully saturated rings. The fraction of sp³-hybridized carbons (Fsp3) is 0.273. The van der Waals surface area contributed by atoms with Crippen LogP contribution in [0, 0.1) is 13.8 Å². The second-order valence-electron chi connectivity index (χ2n) is 3.89. The van der Waals surface area contributed by atoms with E-state index in [2.05, 4.69) is 5.43 Å². The molecular formula is C11H13N3O3S. The van der Waals surface area contributed by atoms with Crippen molar-refractivity contribution >= 4 is 17.2 Å². The number of nitrogens with one attached hydrogen (secondary N) is 1. The predicted molar refractivity (Wildman–Crippen MR) is 67.5 cm³/mol. The van der Waals surface area contributed by atoms with E-state index in [1.807, 2.05) is 6.92 Å². The van der Waals surface area contributed by atoms with Crippen LogP contribution in [0.5, 0.6) is 0 Å². The molecule has 2 aromatic heterocycles. The molecule has 0 atom stereocenters. The van der Waals surface area contributed by atoms with E-state index in [1.54, 1.807) is 22.9 Å². The molecule has 0 bridgehead atoms. The predicted octanol–water partition coefficient (Wildman–Crippen LogP) is 0.771. The van der Waals surface area contributed by atoms with Gasteiger partial charge in [-0.2, -0.15) is 0 Å². The maximum absolute atomic E-state index is 11.6. The van der Waals surface area contributed by atoms with E-state index in [0.717, 1.165) is 17.0 Å².